The Kier molecular flexibility index (Phi) is 5.46. The van der Waals surface area contributed by atoms with Gasteiger partial charge in [0, 0.05) is 25.1 Å². The molecule has 3 heteroatoms. The highest BCUT2D eigenvalue weighted by atomic mass is 16.5. The van der Waals surface area contributed by atoms with Gasteiger partial charge in [-0.2, -0.15) is 0 Å². The SMILES string of the molecule is CCC1CCC(N(C)CC2COCCC2O)CC1. The maximum Gasteiger partial charge on any atom is 0.0624 e. The summed E-state index contributed by atoms with van der Waals surface area (Å²) in [6.07, 6.45) is 7.42. The zero-order chi connectivity index (χ0) is 13.0. The van der Waals surface area contributed by atoms with Crippen LogP contribution in [0.2, 0.25) is 0 Å². The van der Waals surface area contributed by atoms with Crippen molar-refractivity contribution in [3.05, 3.63) is 0 Å². The van der Waals surface area contributed by atoms with E-state index in [0.29, 0.717) is 5.92 Å². The van der Waals surface area contributed by atoms with Crippen LogP contribution in [0.1, 0.15) is 45.4 Å². The molecule has 2 fully saturated rings. The second kappa shape index (κ2) is 6.88. The van der Waals surface area contributed by atoms with Crippen LogP contribution in [0.25, 0.3) is 0 Å². The number of hydrogen-bond acceptors (Lipinski definition) is 3. The molecule has 2 aliphatic rings. The van der Waals surface area contributed by atoms with Gasteiger partial charge < -0.3 is 14.7 Å². The molecule has 18 heavy (non-hydrogen) atoms. The van der Waals surface area contributed by atoms with E-state index in [2.05, 4.69) is 18.9 Å². The van der Waals surface area contributed by atoms with Crippen LogP contribution in [0.15, 0.2) is 0 Å². The molecule has 0 aromatic rings. The topological polar surface area (TPSA) is 32.7 Å². The molecule has 0 bridgehead atoms. The summed E-state index contributed by atoms with van der Waals surface area (Å²) in [5.74, 6) is 1.27. The summed E-state index contributed by atoms with van der Waals surface area (Å²) in [5.41, 5.74) is 0. The van der Waals surface area contributed by atoms with E-state index in [4.69, 9.17) is 4.74 Å². The summed E-state index contributed by atoms with van der Waals surface area (Å²) in [5, 5.41) is 9.99. The van der Waals surface area contributed by atoms with Gasteiger partial charge >= 0.3 is 0 Å². The molecule has 1 aliphatic heterocycles. The molecule has 0 aromatic heterocycles. The van der Waals surface area contributed by atoms with Crippen LogP contribution in [0.4, 0.5) is 0 Å². The summed E-state index contributed by atoms with van der Waals surface area (Å²) < 4.78 is 5.49. The monoisotopic (exact) mass is 255 g/mol. The molecule has 1 aliphatic carbocycles. The van der Waals surface area contributed by atoms with Crippen molar-refractivity contribution in [1.29, 1.82) is 0 Å². The Morgan fingerprint density at radius 1 is 1.17 bits per heavy atom. The Balaban J connectivity index is 1.75. The van der Waals surface area contributed by atoms with Gasteiger partial charge in [-0.05, 0) is 45.1 Å². The maximum atomic E-state index is 9.99. The minimum Gasteiger partial charge on any atom is -0.393 e. The van der Waals surface area contributed by atoms with E-state index < -0.39 is 0 Å². The molecule has 2 rings (SSSR count). The molecule has 3 nitrogen and oxygen atoms in total. The third kappa shape index (κ3) is 3.69. The van der Waals surface area contributed by atoms with Crippen molar-refractivity contribution in [2.75, 3.05) is 26.8 Å². The fourth-order valence-electron chi connectivity index (χ4n) is 3.47. The lowest BCUT2D eigenvalue weighted by atomic mass is 9.83. The van der Waals surface area contributed by atoms with E-state index >= 15 is 0 Å². The number of rotatable bonds is 4. The van der Waals surface area contributed by atoms with Crippen LogP contribution < -0.4 is 0 Å². The predicted octanol–water partition coefficient (Wildman–Crippen LogP) is 2.28. The Morgan fingerprint density at radius 2 is 1.89 bits per heavy atom. The lowest BCUT2D eigenvalue weighted by Gasteiger charge is -2.38. The summed E-state index contributed by atoms with van der Waals surface area (Å²) in [4.78, 5) is 2.47. The van der Waals surface area contributed by atoms with E-state index in [1.165, 1.54) is 32.1 Å². The van der Waals surface area contributed by atoms with Crippen LogP contribution >= 0.6 is 0 Å². The van der Waals surface area contributed by atoms with E-state index in [1.807, 2.05) is 0 Å². The van der Waals surface area contributed by atoms with Gasteiger partial charge in [0.2, 0.25) is 0 Å². The van der Waals surface area contributed by atoms with Crippen LogP contribution in [0.3, 0.4) is 0 Å². The minimum absolute atomic E-state index is 0.159. The number of nitrogens with zero attached hydrogens (tertiary/aromatic N) is 1. The quantitative estimate of drug-likeness (QED) is 0.836. The van der Waals surface area contributed by atoms with Crippen molar-refractivity contribution in [2.24, 2.45) is 11.8 Å². The third-order valence-corrected chi connectivity index (χ3v) is 4.97. The Labute approximate surface area is 112 Å². The second-order valence-corrected chi connectivity index (χ2v) is 6.21. The molecule has 1 saturated carbocycles. The van der Waals surface area contributed by atoms with Gasteiger partial charge in [-0.15, -0.1) is 0 Å². The molecule has 1 heterocycles. The van der Waals surface area contributed by atoms with Gasteiger partial charge in [-0.3, -0.25) is 0 Å². The molecule has 106 valence electrons. The molecule has 0 radical (unpaired) electrons. The van der Waals surface area contributed by atoms with Crippen molar-refractivity contribution in [3.63, 3.8) is 0 Å². The lowest BCUT2D eigenvalue weighted by molar-refractivity contribution is -0.0495. The van der Waals surface area contributed by atoms with Gasteiger partial charge in [0.25, 0.3) is 0 Å². The lowest BCUT2D eigenvalue weighted by Crippen LogP contribution is -2.44. The zero-order valence-corrected chi connectivity index (χ0v) is 12.0. The van der Waals surface area contributed by atoms with Crippen LogP contribution in [-0.2, 0) is 4.74 Å². The van der Waals surface area contributed by atoms with E-state index in [9.17, 15) is 5.11 Å². The van der Waals surface area contributed by atoms with Crippen molar-refractivity contribution >= 4 is 0 Å². The van der Waals surface area contributed by atoms with Gasteiger partial charge in [0.1, 0.15) is 0 Å². The number of hydrogen-bond donors (Lipinski definition) is 1. The molecule has 0 amide bonds. The first-order chi connectivity index (χ1) is 8.70. The number of aliphatic hydroxyl groups is 1. The fourth-order valence-corrected chi connectivity index (χ4v) is 3.47. The highest BCUT2D eigenvalue weighted by molar-refractivity contribution is 4.81. The summed E-state index contributed by atoms with van der Waals surface area (Å²) in [7, 11) is 2.22. The molecular weight excluding hydrogens is 226 g/mol. The molecule has 2 unspecified atom stereocenters. The van der Waals surface area contributed by atoms with E-state index in [1.54, 1.807) is 0 Å². The van der Waals surface area contributed by atoms with Crippen molar-refractivity contribution in [1.82, 2.24) is 4.90 Å². The summed E-state index contributed by atoms with van der Waals surface area (Å²) >= 11 is 0. The second-order valence-electron chi connectivity index (χ2n) is 6.21. The predicted molar refractivity (Wildman–Crippen MR) is 73.6 cm³/mol. The van der Waals surface area contributed by atoms with Gasteiger partial charge in [0.05, 0.1) is 12.7 Å². The molecule has 1 saturated heterocycles. The average molecular weight is 255 g/mol. The number of ether oxygens (including phenoxy) is 1. The third-order valence-electron chi connectivity index (χ3n) is 4.97. The fraction of sp³-hybridized carbons (Fsp3) is 1.00. The molecule has 1 N–H and O–H groups in total. The van der Waals surface area contributed by atoms with E-state index in [-0.39, 0.29) is 6.10 Å². The molecule has 2 atom stereocenters. The van der Waals surface area contributed by atoms with Crippen molar-refractivity contribution in [3.8, 4) is 0 Å². The normalized spacial score (nSPS) is 38.0. The first kappa shape index (κ1) is 14.3. The Bertz CT molecular complexity index is 239. The van der Waals surface area contributed by atoms with Gasteiger partial charge in [0.15, 0.2) is 0 Å². The summed E-state index contributed by atoms with van der Waals surface area (Å²) in [6.45, 7) is 4.76. The maximum absolute atomic E-state index is 9.99. The van der Waals surface area contributed by atoms with Crippen molar-refractivity contribution < 1.29 is 9.84 Å². The molecule has 0 aromatic carbocycles. The first-order valence-electron chi connectivity index (χ1n) is 7.66. The first-order valence-corrected chi connectivity index (χ1v) is 7.66. The Hall–Kier alpha value is -0.120. The average Bonchev–Trinajstić information content (AvgIpc) is 2.41. The van der Waals surface area contributed by atoms with Crippen LogP contribution in [0.5, 0.6) is 0 Å². The van der Waals surface area contributed by atoms with Crippen LogP contribution in [-0.4, -0.2) is 49.0 Å². The Morgan fingerprint density at radius 3 is 2.50 bits per heavy atom. The van der Waals surface area contributed by atoms with E-state index in [0.717, 1.165) is 38.1 Å². The molecular formula is C15H29NO2. The highest BCUT2D eigenvalue weighted by Gasteiger charge is 2.28. The number of aliphatic hydroxyl groups excluding tert-OH is 1. The highest BCUT2D eigenvalue weighted by Crippen LogP contribution is 2.29. The molecule has 0 spiro atoms. The summed E-state index contributed by atoms with van der Waals surface area (Å²) in [6, 6.07) is 0.724. The minimum atomic E-state index is -0.159. The largest absolute Gasteiger partial charge is 0.393 e. The zero-order valence-electron chi connectivity index (χ0n) is 12.0. The van der Waals surface area contributed by atoms with Gasteiger partial charge in [-0.1, -0.05) is 13.3 Å². The van der Waals surface area contributed by atoms with Crippen LogP contribution in [0, 0.1) is 11.8 Å². The smallest absolute Gasteiger partial charge is 0.0624 e. The van der Waals surface area contributed by atoms with Gasteiger partial charge in [-0.25, -0.2) is 0 Å². The standard InChI is InChI=1S/C15H29NO2/c1-3-12-4-6-14(7-5-12)16(2)10-13-11-18-9-8-15(13)17/h12-15,17H,3-11H2,1-2H3. The van der Waals surface area contributed by atoms with Crippen molar-refractivity contribution in [2.45, 2.75) is 57.6 Å².